The first kappa shape index (κ1) is 11.8. The molecule has 2 aliphatic heterocycles. The lowest BCUT2D eigenvalue weighted by atomic mass is 9.72. The smallest absolute Gasteiger partial charge is 0.217 e. The van der Waals surface area contributed by atoms with Crippen LogP contribution in [0.4, 0.5) is 0 Å². The first-order chi connectivity index (χ1) is 8.54. The van der Waals surface area contributed by atoms with Gasteiger partial charge in [-0.3, -0.25) is 4.79 Å². The quantitative estimate of drug-likeness (QED) is 0.684. The molecule has 0 amide bonds. The summed E-state index contributed by atoms with van der Waals surface area (Å²) in [4.78, 5) is 14.3. The molecule has 98 valence electrons. The molecule has 3 unspecified atom stereocenters. The van der Waals surface area contributed by atoms with Gasteiger partial charge in [0.05, 0.1) is 24.8 Å². The molecule has 0 N–H and O–H groups in total. The zero-order valence-corrected chi connectivity index (χ0v) is 10.8. The molecule has 18 heavy (non-hydrogen) atoms. The van der Waals surface area contributed by atoms with Crippen LogP contribution in [0.1, 0.15) is 6.92 Å². The minimum atomic E-state index is -0.890. The van der Waals surface area contributed by atoms with Gasteiger partial charge >= 0.3 is 0 Å². The van der Waals surface area contributed by atoms with E-state index in [0.717, 1.165) is 12.2 Å². The Morgan fingerprint density at radius 1 is 1.61 bits per heavy atom. The fourth-order valence-electron chi connectivity index (χ4n) is 3.09. The molecule has 3 rings (SSSR count). The van der Waals surface area contributed by atoms with Crippen LogP contribution in [0.3, 0.4) is 0 Å². The normalized spacial score (nSPS) is 42.6. The van der Waals surface area contributed by atoms with E-state index in [1.807, 2.05) is 18.9 Å². The first-order valence-electron chi connectivity index (χ1n) is 6.10. The fraction of sp³-hybridized carbons (Fsp3) is 0.750. The van der Waals surface area contributed by atoms with E-state index in [1.54, 1.807) is 13.2 Å². The summed E-state index contributed by atoms with van der Waals surface area (Å²) in [5, 5.41) is 8.18. The third kappa shape index (κ3) is 1.22. The van der Waals surface area contributed by atoms with Crippen LogP contribution in [0, 0.1) is 5.92 Å². The molecule has 6 nitrogen and oxygen atoms in total. The van der Waals surface area contributed by atoms with Crippen LogP contribution < -0.4 is 0 Å². The highest BCUT2D eigenvalue weighted by Gasteiger charge is 2.62. The average Bonchev–Trinajstić information content (AvgIpc) is 2.76. The van der Waals surface area contributed by atoms with E-state index < -0.39 is 11.3 Å². The summed E-state index contributed by atoms with van der Waals surface area (Å²) < 4.78 is 11.6. The third-order valence-electron chi connectivity index (χ3n) is 4.26. The predicted molar refractivity (Wildman–Crippen MR) is 63.0 cm³/mol. The number of azo groups is 1. The summed E-state index contributed by atoms with van der Waals surface area (Å²) in [6, 6.07) is 0. The molecule has 6 heteroatoms. The second-order valence-corrected chi connectivity index (χ2v) is 5.16. The van der Waals surface area contributed by atoms with Gasteiger partial charge in [-0.25, -0.2) is 0 Å². The van der Waals surface area contributed by atoms with Gasteiger partial charge in [0, 0.05) is 26.8 Å². The second kappa shape index (κ2) is 3.61. The Morgan fingerprint density at radius 2 is 2.39 bits per heavy atom. The lowest BCUT2D eigenvalue weighted by Gasteiger charge is -2.51. The van der Waals surface area contributed by atoms with Gasteiger partial charge < -0.3 is 14.4 Å². The van der Waals surface area contributed by atoms with Crippen LogP contribution in [-0.4, -0.2) is 55.9 Å². The van der Waals surface area contributed by atoms with Crippen molar-refractivity contribution >= 4 is 5.78 Å². The van der Waals surface area contributed by atoms with Crippen molar-refractivity contribution in [3.8, 4) is 0 Å². The number of likely N-dealkylation sites (N-methyl/N-ethyl adjacent to an activating group) is 1. The summed E-state index contributed by atoms with van der Waals surface area (Å²) in [6.45, 7) is 3.59. The van der Waals surface area contributed by atoms with Crippen LogP contribution in [-0.2, 0) is 14.3 Å². The van der Waals surface area contributed by atoms with Gasteiger partial charge in [-0.1, -0.05) is 0 Å². The largest absolute Gasteiger partial charge is 0.371 e. The van der Waals surface area contributed by atoms with Crippen molar-refractivity contribution in [2.24, 2.45) is 16.1 Å². The Labute approximate surface area is 106 Å². The number of ether oxygens (including phenoxy) is 2. The predicted octanol–water partition coefficient (Wildman–Crippen LogP) is 0.598. The number of ketones is 1. The van der Waals surface area contributed by atoms with E-state index in [4.69, 9.17) is 9.47 Å². The van der Waals surface area contributed by atoms with Crippen molar-refractivity contribution in [1.82, 2.24) is 4.90 Å². The van der Waals surface area contributed by atoms with Crippen LogP contribution in [0.25, 0.3) is 0 Å². The summed E-state index contributed by atoms with van der Waals surface area (Å²) in [7, 11) is 3.56. The van der Waals surface area contributed by atoms with Crippen molar-refractivity contribution < 1.29 is 14.3 Å². The van der Waals surface area contributed by atoms with Crippen LogP contribution in [0.2, 0.25) is 0 Å². The van der Waals surface area contributed by atoms with Crippen LogP contribution in [0.5, 0.6) is 0 Å². The molecule has 0 spiro atoms. The molecule has 0 bridgehead atoms. The number of carbonyl (C=O) groups is 1. The van der Waals surface area contributed by atoms with Gasteiger partial charge in [-0.05, 0) is 6.92 Å². The molecule has 2 heterocycles. The van der Waals surface area contributed by atoms with E-state index in [9.17, 15) is 4.79 Å². The third-order valence-corrected chi connectivity index (χ3v) is 4.26. The highest BCUT2D eigenvalue weighted by atomic mass is 16.7. The van der Waals surface area contributed by atoms with E-state index in [0.29, 0.717) is 13.2 Å². The highest BCUT2D eigenvalue weighted by molar-refractivity contribution is 6.00. The average molecular weight is 251 g/mol. The van der Waals surface area contributed by atoms with Gasteiger partial charge in [0.15, 0.2) is 11.3 Å². The fourth-order valence-corrected chi connectivity index (χ4v) is 3.09. The topological polar surface area (TPSA) is 63.5 Å². The summed E-state index contributed by atoms with van der Waals surface area (Å²) in [6.07, 6.45) is 1.60. The van der Waals surface area contributed by atoms with Crippen LogP contribution in [0.15, 0.2) is 22.0 Å². The number of methoxy groups -OCH3 is 1. The van der Waals surface area contributed by atoms with Crippen LogP contribution >= 0.6 is 0 Å². The summed E-state index contributed by atoms with van der Waals surface area (Å²) in [5.74, 6) is -1.10. The Balaban J connectivity index is 2.16. The lowest BCUT2D eigenvalue weighted by Crippen LogP contribution is -2.63. The number of fused-ring (bicyclic) bond motifs is 3. The van der Waals surface area contributed by atoms with Gasteiger partial charge in [-0.15, -0.1) is 0 Å². The minimum Gasteiger partial charge on any atom is -0.371 e. The number of rotatable bonds is 1. The molecular weight excluding hydrogens is 234 g/mol. The molecule has 0 aromatic heterocycles. The first-order valence-corrected chi connectivity index (χ1v) is 6.10. The molecule has 3 atom stereocenters. The Kier molecular flexibility index (Phi) is 2.37. The van der Waals surface area contributed by atoms with Crippen molar-refractivity contribution in [2.45, 2.75) is 18.2 Å². The Morgan fingerprint density at radius 3 is 3.11 bits per heavy atom. The molecule has 0 saturated carbocycles. The lowest BCUT2D eigenvalue weighted by molar-refractivity contribution is -0.261. The number of morpholine rings is 1. The molecule has 1 aliphatic carbocycles. The van der Waals surface area contributed by atoms with Gasteiger partial charge in [-0.2, -0.15) is 10.2 Å². The number of carbonyl (C=O) groups excluding carboxylic acids is 1. The van der Waals surface area contributed by atoms with Crippen molar-refractivity contribution in [2.75, 3.05) is 33.9 Å². The number of hydrogen-bond acceptors (Lipinski definition) is 6. The summed E-state index contributed by atoms with van der Waals surface area (Å²) >= 11 is 0. The molecule has 0 aromatic rings. The number of nitrogens with zero attached hydrogens (tertiary/aromatic N) is 3. The highest BCUT2D eigenvalue weighted by Crippen LogP contribution is 2.48. The molecule has 0 aromatic carbocycles. The number of hydrogen-bond donors (Lipinski definition) is 0. The second-order valence-electron chi connectivity index (χ2n) is 5.16. The molecule has 1 fully saturated rings. The zero-order chi connectivity index (χ0) is 13.0. The van der Waals surface area contributed by atoms with Gasteiger partial charge in [0.1, 0.15) is 0 Å². The molecule has 0 radical (unpaired) electrons. The van der Waals surface area contributed by atoms with E-state index in [1.165, 1.54) is 0 Å². The maximum atomic E-state index is 12.3. The monoisotopic (exact) mass is 251 g/mol. The van der Waals surface area contributed by atoms with E-state index >= 15 is 0 Å². The standard InChI is InChI=1S/C12H17N3O3/c1-11-8(7-13-14-11)12(17-3)9(6-10(11)16)15(2)4-5-18-12/h6,8H,4-5,7H2,1-3H3. The van der Waals surface area contributed by atoms with Crippen molar-refractivity contribution in [1.29, 1.82) is 0 Å². The van der Waals surface area contributed by atoms with E-state index in [2.05, 4.69) is 10.2 Å². The van der Waals surface area contributed by atoms with Crippen molar-refractivity contribution in [3.05, 3.63) is 11.8 Å². The molecular formula is C12H17N3O3. The minimum absolute atomic E-state index is 0.0197. The van der Waals surface area contributed by atoms with Gasteiger partial charge in [0.25, 0.3) is 0 Å². The molecule has 3 aliphatic rings. The SMILES string of the molecule is COC12OCCN(C)C1=CC(=O)C1(C)N=NCC12. The zero-order valence-electron chi connectivity index (χ0n) is 10.8. The Bertz CT molecular complexity index is 461. The maximum Gasteiger partial charge on any atom is 0.217 e. The van der Waals surface area contributed by atoms with Crippen molar-refractivity contribution in [3.63, 3.8) is 0 Å². The Hall–Kier alpha value is -1.27. The molecule has 1 saturated heterocycles. The van der Waals surface area contributed by atoms with Gasteiger partial charge in [0.2, 0.25) is 5.79 Å². The van der Waals surface area contributed by atoms with E-state index in [-0.39, 0.29) is 11.7 Å². The summed E-state index contributed by atoms with van der Waals surface area (Å²) in [5.41, 5.74) is -0.0615. The maximum absolute atomic E-state index is 12.3.